The van der Waals surface area contributed by atoms with Crippen molar-refractivity contribution in [2.24, 2.45) is 0 Å². The molecule has 11 heteroatoms. The van der Waals surface area contributed by atoms with Crippen LogP contribution in [0.1, 0.15) is 18.5 Å². The van der Waals surface area contributed by atoms with Crippen LogP contribution in [0, 0.1) is 20.2 Å². The summed E-state index contributed by atoms with van der Waals surface area (Å²) in [6.07, 6.45) is 0. The number of nitrogens with one attached hydrogen (secondary N) is 3. The summed E-state index contributed by atoms with van der Waals surface area (Å²) >= 11 is 0. The number of urea groups is 1. The molecule has 0 radical (unpaired) electrons. The van der Waals surface area contributed by atoms with Crippen molar-refractivity contribution in [1.82, 2.24) is 10.6 Å². The van der Waals surface area contributed by atoms with Gasteiger partial charge in [-0.1, -0.05) is 12.1 Å². The van der Waals surface area contributed by atoms with Crippen LogP contribution >= 0.6 is 0 Å². The monoisotopic (exact) mass is 397 g/mol. The number of rotatable bonds is 5. The summed E-state index contributed by atoms with van der Waals surface area (Å²) in [5.74, 6) is -0.619. The fourth-order valence-corrected chi connectivity index (χ4v) is 2.99. The van der Waals surface area contributed by atoms with Crippen molar-refractivity contribution in [2.75, 3.05) is 5.32 Å². The lowest BCUT2D eigenvalue weighted by Gasteiger charge is -2.28. The fraction of sp³-hybridized carbons (Fsp3) is 0.111. The molecule has 0 saturated heterocycles. The molecule has 0 bridgehead atoms. The lowest BCUT2D eigenvalue weighted by molar-refractivity contribution is -0.385. The predicted octanol–water partition coefficient (Wildman–Crippen LogP) is 2.77. The lowest BCUT2D eigenvalue weighted by atomic mass is 9.93. The highest BCUT2D eigenvalue weighted by atomic mass is 16.6. The Morgan fingerprint density at radius 3 is 2.31 bits per heavy atom. The van der Waals surface area contributed by atoms with Gasteiger partial charge < -0.3 is 16.0 Å². The van der Waals surface area contributed by atoms with Crippen molar-refractivity contribution in [1.29, 1.82) is 0 Å². The van der Waals surface area contributed by atoms with E-state index in [2.05, 4.69) is 16.0 Å². The second-order valence-electron chi connectivity index (χ2n) is 6.14. The topological polar surface area (TPSA) is 157 Å². The van der Waals surface area contributed by atoms with Gasteiger partial charge >= 0.3 is 6.03 Å². The van der Waals surface area contributed by atoms with Gasteiger partial charge in [-0.15, -0.1) is 0 Å². The third-order valence-corrected chi connectivity index (χ3v) is 4.29. The van der Waals surface area contributed by atoms with Gasteiger partial charge in [0.25, 0.3) is 17.3 Å². The maximum Gasteiger partial charge on any atom is 0.319 e. The molecule has 148 valence electrons. The molecule has 0 spiro atoms. The molecule has 2 aromatic carbocycles. The van der Waals surface area contributed by atoms with E-state index in [1.807, 2.05) is 0 Å². The molecule has 1 aliphatic rings. The number of allylic oxidation sites excluding steroid dienone is 1. The van der Waals surface area contributed by atoms with Gasteiger partial charge in [0.05, 0.1) is 27.0 Å². The number of nitro benzene ring substituents is 2. The fourth-order valence-electron chi connectivity index (χ4n) is 2.99. The second kappa shape index (κ2) is 7.76. The van der Waals surface area contributed by atoms with Crippen molar-refractivity contribution in [2.45, 2.75) is 13.0 Å². The van der Waals surface area contributed by atoms with Gasteiger partial charge in [-0.05, 0) is 25.1 Å². The van der Waals surface area contributed by atoms with Crippen LogP contribution in [-0.4, -0.2) is 21.8 Å². The van der Waals surface area contributed by atoms with Crippen LogP contribution in [-0.2, 0) is 4.79 Å². The zero-order chi connectivity index (χ0) is 21.1. The van der Waals surface area contributed by atoms with E-state index in [0.29, 0.717) is 5.69 Å². The molecule has 11 nitrogen and oxygen atoms in total. The Morgan fingerprint density at radius 2 is 1.69 bits per heavy atom. The molecule has 3 amide bonds. The van der Waals surface area contributed by atoms with Crippen LogP contribution in [0.5, 0.6) is 0 Å². The number of nitrogens with zero attached hydrogens (tertiary/aromatic N) is 2. The van der Waals surface area contributed by atoms with E-state index in [9.17, 15) is 29.8 Å². The van der Waals surface area contributed by atoms with Crippen molar-refractivity contribution < 1.29 is 19.4 Å². The molecule has 0 aromatic heterocycles. The minimum atomic E-state index is -1.05. The number of nitro groups is 2. The molecule has 1 atom stereocenters. The van der Waals surface area contributed by atoms with E-state index in [1.54, 1.807) is 6.07 Å². The Morgan fingerprint density at radius 1 is 1.03 bits per heavy atom. The summed E-state index contributed by atoms with van der Waals surface area (Å²) in [4.78, 5) is 45.8. The minimum Gasteiger partial charge on any atom is -0.326 e. The number of amides is 3. The van der Waals surface area contributed by atoms with Crippen molar-refractivity contribution in [3.63, 3.8) is 0 Å². The van der Waals surface area contributed by atoms with Crippen LogP contribution in [0.2, 0.25) is 0 Å². The highest BCUT2D eigenvalue weighted by Gasteiger charge is 2.34. The molecule has 0 saturated carbocycles. The summed E-state index contributed by atoms with van der Waals surface area (Å²) in [6.45, 7) is 1.51. The third-order valence-electron chi connectivity index (χ3n) is 4.29. The van der Waals surface area contributed by atoms with Crippen LogP contribution in [0.15, 0.2) is 59.8 Å². The van der Waals surface area contributed by atoms with E-state index in [1.165, 1.54) is 49.4 Å². The molecule has 1 heterocycles. The molecular weight excluding hydrogens is 382 g/mol. The normalized spacial score (nSPS) is 15.9. The number of hydrogen-bond donors (Lipinski definition) is 3. The molecule has 0 fully saturated rings. The first-order valence-electron chi connectivity index (χ1n) is 8.35. The van der Waals surface area contributed by atoms with Crippen molar-refractivity contribution >= 4 is 29.0 Å². The van der Waals surface area contributed by atoms with E-state index >= 15 is 0 Å². The number of non-ortho nitro benzene ring substituents is 1. The lowest BCUT2D eigenvalue weighted by Crippen LogP contribution is -2.46. The Labute approximate surface area is 163 Å². The SMILES string of the molecule is CC1=C(C(=O)Nc2ccc([N+](=O)[O-])cc2)[C@H](c2ccccc2[N+](=O)[O-])NC(=O)N1. The summed E-state index contributed by atoms with van der Waals surface area (Å²) in [7, 11) is 0. The summed E-state index contributed by atoms with van der Waals surface area (Å²) in [6, 6.07) is 9.33. The molecule has 0 unspecified atom stereocenters. The van der Waals surface area contributed by atoms with Gasteiger partial charge in [-0.3, -0.25) is 25.0 Å². The van der Waals surface area contributed by atoms with Crippen LogP contribution in [0.4, 0.5) is 21.9 Å². The van der Waals surface area contributed by atoms with Crippen LogP contribution in [0.3, 0.4) is 0 Å². The largest absolute Gasteiger partial charge is 0.326 e. The molecule has 29 heavy (non-hydrogen) atoms. The summed E-state index contributed by atoms with van der Waals surface area (Å²) in [5, 5.41) is 29.7. The number of carbonyl (C=O) groups excluding carboxylic acids is 2. The highest BCUT2D eigenvalue weighted by Crippen LogP contribution is 2.33. The summed E-state index contributed by atoms with van der Waals surface area (Å²) in [5.41, 5.74) is 0.379. The van der Waals surface area contributed by atoms with E-state index < -0.39 is 27.8 Å². The number of para-hydroxylation sites is 1. The summed E-state index contributed by atoms with van der Waals surface area (Å²) < 4.78 is 0. The van der Waals surface area contributed by atoms with Gasteiger partial charge in [0.15, 0.2) is 0 Å². The van der Waals surface area contributed by atoms with Crippen LogP contribution in [0.25, 0.3) is 0 Å². The minimum absolute atomic E-state index is 0.0808. The molecule has 2 aromatic rings. The number of hydrogen-bond acceptors (Lipinski definition) is 6. The van der Waals surface area contributed by atoms with Gasteiger partial charge in [-0.2, -0.15) is 0 Å². The average molecular weight is 397 g/mol. The molecule has 0 aliphatic carbocycles. The van der Waals surface area contributed by atoms with Gasteiger partial charge in [0, 0.05) is 29.6 Å². The Balaban J connectivity index is 1.97. The van der Waals surface area contributed by atoms with E-state index in [4.69, 9.17) is 0 Å². The maximum absolute atomic E-state index is 12.9. The first-order valence-corrected chi connectivity index (χ1v) is 8.35. The van der Waals surface area contributed by atoms with Gasteiger partial charge in [-0.25, -0.2) is 4.79 Å². The van der Waals surface area contributed by atoms with Crippen molar-refractivity contribution in [3.05, 3.63) is 85.6 Å². The van der Waals surface area contributed by atoms with Crippen molar-refractivity contribution in [3.8, 4) is 0 Å². The van der Waals surface area contributed by atoms with Gasteiger partial charge in [0.2, 0.25) is 0 Å². The standard InChI is InChI=1S/C18H15N5O6/c1-10-15(17(24)20-11-6-8-12(9-7-11)22(26)27)16(21-18(25)19-10)13-4-2-3-5-14(13)23(28)29/h2-9,16H,1H3,(H,20,24)(H2,19,21,25)/t16-/m0/s1. The number of anilines is 1. The van der Waals surface area contributed by atoms with E-state index in [0.717, 1.165) is 0 Å². The molecule has 3 rings (SSSR count). The smallest absolute Gasteiger partial charge is 0.319 e. The highest BCUT2D eigenvalue weighted by molar-refractivity contribution is 6.07. The van der Waals surface area contributed by atoms with Crippen LogP contribution < -0.4 is 16.0 Å². The molecular formula is C18H15N5O6. The second-order valence-corrected chi connectivity index (χ2v) is 6.14. The third kappa shape index (κ3) is 4.03. The average Bonchev–Trinajstić information content (AvgIpc) is 2.67. The first-order chi connectivity index (χ1) is 13.8. The molecule has 3 N–H and O–H groups in total. The van der Waals surface area contributed by atoms with Gasteiger partial charge in [0.1, 0.15) is 0 Å². The maximum atomic E-state index is 12.9. The Hall–Kier alpha value is -4.28. The zero-order valence-corrected chi connectivity index (χ0v) is 15.0. The first kappa shape index (κ1) is 19.5. The molecule has 1 aliphatic heterocycles. The zero-order valence-electron chi connectivity index (χ0n) is 15.0. The number of benzene rings is 2. The van der Waals surface area contributed by atoms with E-state index in [-0.39, 0.29) is 28.2 Å². The predicted molar refractivity (Wildman–Crippen MR) is 102 cm³/mol. The number of carbonyl (C=O) groups is 2. The Bertz CT molecular complexity index is 1050. The Kier molecular flexibility index (Phi) is 5.21. The quantitative estimate of drug-likeness (QED) is 0.520.